The molecule has 0 aliphatic heterocycles. The van der Waals surface area contributed by atoms with E-state index in [1.807, 2.05) is 6.92 Å². The van der Waals surface area contributed by atoms with Crippen LogP contribution in [0.4, 0.5) is 5.69 Å². The van der Waals surface area contributed by atoms with Crippen LogP contribution in [0.1, 0.15) is 35.7 Å². The number of esters is 1. The predicted molar refractivity (Wildman–Crippen MR) is 61.8 cm³/mol. The van der Waals surface area contributed by atoms with Crippen molar-refractivity contribution in [1.82, 2.24) is 0 Å². The zero-order valence-electron chi connectivity index (χ0n) is 9.53. The van der Waals surface area contributed by atoms with Gasteiger partial charge in [-0.05, 0) is 36.2 Å². The summed E-state index contributed by atoms with van der Waals surface area (Å²) in [5.74, 6) is -0.404. The number of hydrogen-bond donors (Lipinski definition) is 0. The summed E-state index contributed by atoms with van der Waals surface area (Å²) in [6.45, 7) is 4.20. The number of nitrogens with zero attached hydrogens (tertiary/aromatic N) is 1. The number of ether oxygens (including phenoxy) is 1. The van der Waals surface area contributed by atoms with Gasteiger partial charge in [0, 0.05) is 0 Å². The Morgan fingerprint density at radius 2 is 2.19 bits per heavy atom. The number of carbonyl (C=O) groups is 1. The van der Waals surface area contributed by atoms with Gasteiger partial charge in [-0.3, -0.25) is 0 Å². The van der Waals surface area contributed by atoms with Crippen molar-refractivity contribution in [2.24, 2.45) is 5.18 Å². The van der Waals surface area contributed by atoms with E-state index in [4.69, 9.17) is 4.74 Å². The summed E-state index contributed by atoms with van der Waals surface area (Å²) < 4.78 is 5.03. The standard InChI is InChI=1S/C12H15NO3/c1-3-4-7-16-12(14)10-6-5-9(2)11(8-10)13-15/h5-6,8H,3-4,7H2,1-2H3. The van der Waals surface area contributed by atoms with Crippen LogP contribution in [0.2, 0.25) is 0 Å². The third-order valence-electron chi connectivity index (χ3n) is 2.27. The molecule has 0 amide bonds. The van der Waals surface area contributed by atoms with Gasteiger partial charge in [0.05, 0.1) is 12.2 Å². The van der Waals surface area contributed by atoms with E-state index in [0.717, 1.165) is 18.4 Å². The number of rotatable bonds is 5. The van der Waals surface area contributed by atoms with E-state index in [9.17, 15) is 9.70 Å². The van der Waals surface area contributed by atoms with Crippen LogP contribution in [-0.2, 0) is 4.74 Å². The van der Waals surface area contributed by atoms with Crippen molar-refractivity contribution >= 4 is 11.7 Å². The molecule has 86 valence electrons. The quantitative estimate of drug-likeness (QED) is 0.435. The lowest BCUT2D eigenvalue weighted by Gasteiger charge is -2.04. The summed E-state index contributed by atoms with van der Waals surface area (Å²) >= 11 is 0. The zero-order valence-corrected chi connectivity index (χ0v) is 9.53. The van der Waals surface area contributed by atoms with Gasteiger partial charge in [-0.2, -0.15) is 0 Å². The number of carbonyl (C=O) groups excluding carboxylic acids is 1. The van der Waals surface area contributed by atoms with Gasteiger partial charge in [0.15, 0.2) is 0 Å². The molecule has 16 heavy (non-hydrogen) atoms. The molecule has 1 rings (SSSR count). The third-order valence-corrected chi connectivity index (χ3v) is 2.27. The molecule has 0 fully saturated rings. The second kappa shape index (κ2) is 6.00. The van der Waals surface area contributed by atoms with Crippen LogP contribution in [0.3, 0.4) is 0 Å². The highest BCUT2D eigenvalue weighted by Crippen LogP contribution is 2.20. The summed E-state index contributed by atoms with van der Waals surface area (Å²) in [6.07, 6.45) is 1.82. The molecule has 0 bridgehead atoms. The lowest BCUT2D eigenvalue weighted by Crippen LogP contribution is -2.06. The molecule has 0 aromatic heterocycles. The molecule has 1 aromatic rings. The zero-order chi connectivity index (χ0) is 12.0. The van der Waals surface area contributed by atoms with E-state index in [1.165, 1.54) is 6.07 Å². The van der Waals surface area contributed by atoms with E-state index >= 15 is 0 Å². The Morgan fingerprint density at radius 3 is 2.81 bits per heavy atom. The van der Waals surface area contributed by atoms with Gasteiger partial charge in [-0.15, -0.1) is 4.91 Å². The van der Waals surface area contributed by atoms with Crippen LogP contribution >= 0.6 is 0 Å². The second-order valence-corrected chi connectivity index (χ2v) is 3.58. The smallest absolute Gasteiger partial charge is 0.338 e. The van der Waals surface area contributed by atoms with Crippen LogP contribution in [0.15, 0.2) is 23.4 Å². The minimum absolute atomic E-state index is 0.282. The predicted octanol–water partition coefficient (Wildman–Crippen LogP) is 3.35. The van der Waals surface area contributed by atoms with Crippen molar-refractivity contribution in [1.29, 1.82) is 0 Å². The Kier molecular flexibility index (Phi) is 4.64. The van der Waals surface area contributed by atoms with Crippen LogP contribution in [0, 0.1) is 11.8 Å². The maximum absolute atomic E-state index is 11.5. The minimum atomic E-state index is -0.404. The number of hydrogen-bond acceptors (Lipinski definition) is 4. The molecule has 4 heteroatoms. The molecule has 0 spiro atoms. The van der Waals surface area contributed by atoms with E-state index in [0.29, 0.717) is 12.2 Å². The molecule has 1 aromatic carbocycles. The first-order chi connectivity index (χ1) is 7.69. The average Bonchev–Trinajstić information content (AvgIpc) is 2.30. The normalized spacial score (nSPS) is 9.88. The lowest BCUT2D eigenvalue weighted by atomic mass is 10.1. The Balaban J connectivity index is 2.72. The number of benzene rings is 1. The van der Waals surface area contributed by atoms with Crippen molar-refractivity contribution < 1.29 is 9.53 Å². The van der Waals surface area contributed by atoms with Gasteiger partial charge >= 0.3 is 5.97 Å². The number of nitroso groups, excluding NO2 is 1. The highest BCUT2D eigenvalue weighted by molar-refractivity contribution is 5.90. The number of aryl methyl sites for hydroxylation is 1. The molecular formula is C12H15NO3. The lowest BCUT2D eigenvalue weighted by molar-refractivity contribution is 0.0500. The molecular weight excluding hydrogens is 206 g/mol. The first-order valence-electron chi connectivity index (χ1n) is 5.30. The maximum atomic E-state index is 11.5. The first kappa shape index (κ1) is 12.4. The van der Waals surface area contributed by atoms with Gasteiger partial charge in [0.2, 0.25) is 0 Å². The molecule has 4 nitrogen and oxygen atoms in total. The van der Waals surface area contributed by atoms with E-state index in [1.54, 1.807) is 19.1 Å². The Hall–Kier alpha value is -1.71. The maximum Gasteiger partial charge on any atom is 0.338 e. The van der Waals surface area contributed by atoms with Crippen LogP contribution in [0.5, 0.6) is 0 Å². The monoisotopic (exact) mass is 221 g/mol. The topological polar surface area (TPSA) is 55.7 Å². The highest BCUT2D eigenvalue weighted by Gasteiger charge is 2.09. The second-order valence-electron chi connectivity index (χ2n) is 3.58. The molecule has 0 unspecified atom stereocenters. The van der Waals surface area contributed by atoms with E-state index in [-0.39, 0.29) is 5.69 Å². The van der Waals surface area contributed by atoms with Gasteiger partial charge in [0.1, 0.15) is 5.69 Å². The molecule has 0 radical (unpaired) electrons. The largest absolute Gasteiger partial charge is 0.462 e. The van der Waals surface area contributed by atoms with Crippen molar-refractivity contribution in [2.45, 2.75) is 26.7 Å². The average molecular weight is 221 g/mol. The fourth-order valence-electron chi connectivity index (χ4n) is 1.23. The SMILES string of the molecule is CCCCOC(=O)c1ccc(C)c(N=O)c1. The fourth-order valence-corrected chi connectivity index (χ4v) is 1.23. The summed E-state index contributed by atoms with van der Waals surface area (Å²) in [6, 6.07) is 4.78. The van der Waals surface area contributed by atoms with E-state index in [2.05, 4.69) is 5.18 Å². The highest BCUT2D eigenvalue weighted by atomic mass is 16.5. The summed E-state index contributed by atoms with van der Waals surface area (Å²) in [5, 5.41) is 2.85. The Labute approximate surface area is 94.6 Å². The van der Waals surface area contributed by atoms with E-state index < -0.39 is 5.97 Å². The molecule has 0 saturated carbocycles. The van der Waals surface area contributed by atoms with Crippen molar-refractivity contribution in [2.75, 3.05) is 6.61 Å². The molecule has 0 aliphatic rings. The van der Waals surface area contributed by atoms with Crippen LogP contribution in [-0.4, -0.2) is 12.6 Å². The van der Waals surface area contributed by atoms with Crippen molar-refractivity contribution in [3.8, 4) is 0 Å². The number of unbranched alkanes of at least 4 members (excludes halogenated alkanes) is 1. The molecule has 0 heterocycles. The van der Waals surface area contributed by atoms with Crippen molar-refractivity contribution in [3.63, 3.8) is 0 Å². The van der Waals surface area contributed by atoms with Gasteiger partial charge in [0.25, 0.3) is 0 Å². The summed E-state index contributed by atoms with van der Waals surface area (Å²) in [5.41, 5.74) is 1.40. The summed E-state index contributed by atoms with van der Waals surface area (Å²) in [4.78, 5) is 22.0. The van der Waals surface area contributed by atoms with Gasteiger partial charge in [-0.25, -0.2) is 4.79 Å². The van der Waals surface area contributed by atoms with Crippen LogP contribution < -0.4 is 0 Å². The molecule has 0 atom stereocenters. The summed E-state index contributed by atoms with van der Waals surface area (Å²) in [7, 11) is 0. The third kappa shape index (κ3) is 3.15. The van der Waals surface area contributed by atoms with Crippen molar-refractivity contribution in [3.05, 3.63) is 34.2 Å². The van der Waals surface area contributed by atoms with Crippen LogP contribution in [0.25, 0.3) is 0 Å². The fraction of sp³-hybridized carbons (Fsp3) is 0.417. The minimum Gasteiger partial charge on any atom is -0.462 e. The van der Waals surface area contributed by atoms with Gasteiger partial charge < -0.3 is 4.74 Å². The molecule has 0 N–H and O–H groups in total. The Bertz CT molecular complexity index is 388. The van der Waals surface area contributed by atoms with Gasteiger partial charge in [-0.1, -0.05) is 19.4 Å². The molecule has 0 aliphatic carbocycles. The molecule has 0 saturated heterocycles. The Morgan fingerprint density at radius 1 is 1.44 bits per heavy atom. The first-order valence-corrected chi connectivity index (χ1v) is 5.30.